The molecule has 1 aliphatic heterocycles. The van der Waals surface area contributed by atoms with Crippen LogP contribution in [0.3, 0.4) is 0 Å². The molecule has 1 unspecified atom stereocenters. The molecule has 116 valence electrons. The van der Waals surface area contributed by atoms with Crippen LogP contribution in [0.4, 0.5) is 8.78 Å². The minimum absolute atomic E-state index is 0.150. The topological polar surface area (TPSA) is 70.0 Å². The lowest BCUT2D eigenvalue weighted by atomic mass is 9.95. The van der Waals surface area contributed by atoms with Crippen LogP contribution in [0.1, 0.15) is 19.8 Å². The number of nitrogens with zero attached hydrogens (tertiary/aromatic N) is 2. The Morgan fingerprint density at radius 2 is 2.10 bits per heavy atom. The summed E-state index contributed by atoms with van der Waals surface area (Å²) in [5, 5.41) is 12.1. The molecule has 1 saturated heterocycles. The summed E-state index contributed by atoms with van der Waals surface area (Å²) in [5.74, 6) is -2.46. The van der Waals surface area contributed by atoms with Crippen molar-refractivity contribution in [2.75, 3.05) is 13.1 Å². The summed E-state index contributed by atoms with van der Waals surface area (Å²) in [6, 6.07) is 2.52. The van der Waals surface area contributed by atoms with Gasteiger partial charge >= 0.3 is 0 Å². The molecule has 21 heavy (non-hydrogen) atoms. The molecule has 0 aromatic heterocycles. The number of sulfonamides is 1. The lowest BCUT2D eigenvalue weighted by molar-refractivity contribution is 0.295. The van der Waals surface area contributed by atoms with Gasteiger partial charge in [-0.1, -0.05) is 12.1 Å². The van der Waals surface area contributed by atoms with E-state index >= 15 is 0 Å². The Morgan fingerprint density at radius 3 is 2.67 bits per heavy atom. The van der Waals surface area contributed by atoms with E-state index in [0.717, 1.165) is 12.1 Å². The smallest absolute Gasteiger partial charge is 0.243 e. The fourth-order valence-electron chi connectivity index (χ4n) is 2.39. The first-order valence-electron chi connectivity index (χ1n) is 6.56. The van der Waals surface area contributed by atoms with Crippen molar-refractivity contribution in [3.63, 3.8) is 0 Å². The third-order valence-electron chi connectivity index (χ3n) is 3.66. The number of benzene rings is 1. The maximum Gasteiger partial charge on any atom is 0.243 e. The van der Waals surface area contributed by atoms with Gasteiger partial charge in [0.2, 0.25) is 10.0 Å². The molecule has 0 radical (unpaired) electrons. The van der Waals surface area contributed by atoms with Gasteiger partial charge in [-0.05, 0) is 24.6 Å². The number of piperidine rings is 1. The first-order valence-corrected chi connectivity index (χ1v) is 8.00. The van der Waals surface area contributed by atoms with Crippen molar-refractivity contribution in [2.24, 2.45) is 11.1 Å². The summed E-state index contributed by atoms with van der Waals surface area (Å²) < 4.78 is 52.2. The van der Waals surface area contributed by atoms with Crippen LogP contribution in [0.15, 0.2) is 28.3 Å². The van der Waals surface area contributed by atoms with Gasteiger partial charge in [0, 0.05) is 25.4 Å². The van der Waals surface area contributed by atoms with E-state index in [0.29, 0.717) is 24.6 Å². The van der Waals surface area contributed by atoms with E-state index in [2.05, 4.69) is 5.16 Å². The van der Waals surface area contributed by atoms with E-state index in [1.165, 1.54) is 4.31 Å². The highest BCUT2D eigenvalue weighted by Gasteiger charge is 2.33. The monoisotopic (exact) mass is 318 g/mol. The third-order valence-corrected chi connectivity index (χ3v) is 5.52. The molecule has 1 N–H and O–H groups in total. The van der Waals surface area contributed by atoms with Crippen LogP contribution in [-0.4, -0.2) is 36.7 Å². The number of halogens is 2. The highest BCUT2D eigenvalue weighted by atomic mass is 32.2. The van der Waals surface area contributed by atoms with Gasteiger partial charge < -0.3 is 5.21 Å². The zero-order chi connectivity index (χ0) is 15.6. The quantitative estimate of drug-likeness (QED) is 0.686. The van der Waals surface area contributed by atoms with Gasteiger partial charge in [0.25, 0.3) is 0 Å². The molecule has 0 saturated carbocycles. The molecule has 2 rings (SSSR count). The van der Waals surface area contributed by atoms with Gasteiger partial charge in [0.05, 0.1) is 10.6 Å². The van der Waals surface area contributed by atoms with Crippen molar-refractivity contribution in [1.29, 1.82) is 0 Å². The van der Waals surface area contributed by atoms with E-state index in [1.54, 1.807) is 0 Å². The Labute approximate surface area is 121 Å². The highest BCUT2D eigenvalue weighted by molar-refractivity contribution is 7.89. The van der Waals surface area contributed by atoms with Gasteiger partial charge in [0.15, 0.2) is 11.6 Å². The molecular weight excluding hydrogens is 302 g/mol. The zero-order valence-corrected chi connectivity index (χ0v) is 12.3. The van der Waals surface area contributed by atoms with Crippen molar-refractivity contribution in [2.45, 2.75) is 24.7 Å². The van der Waals surface area contributed by atoms with Crippen LogP contribution >= 0.6 is 0 Å². The first-order chi connectivity index (χ1) is 9.90. The number of hydrogen-bond acceptors (Lipinski definition) is 4. The lowest BCUT2D eigenvalue weighted by Crippen LogP contribution is -2.44. The molecule has 1 aromatic rings. The predicted molar refractivity (Wildman–Crippen MR) is 72.7 cm³/mol. The summed E-state index contributed by atoms with van der Waals surface area (Å²) in [7, 11) is -3.89. The Balaban J connectivity index is 2.30. The van der Waals surface area contributed by atoms with E-state index in [-0.39, 0.29) is 23.9 Å². The normalized spacial score (nSPS) is 22.6. The van der Waals surface area contributed by atoms with Crippen LogP contribution in [0.5, 0.6) is 0 Å². The third kappa shape index (κ3) is 3.06. The van der Waals surface area contributed by atoms with E-state index in [1.807, 2.05) is 6.92 Å². The van der Waals surface area contributed by atoms with Crippen LogP contribution in [0, 0.1) is 17.6 Å². The van der Waals surface area contributed by atoms with Crippen molar-refractivity contribution >= 4 is 15.7 Å². The van der Waals surface area contributed by atoms with Gasteiger partial charge in [-0.3, -0.25) is 0 Å². The molecule has 0 aliphatic carbocycles. The molecular formula is C13H16F2N2O3S. The van der Waals surface area contributed by atoms with Crippen LogP contribution in [0.25, 0.3) is 0 Å². The second kappa shape index (κ2) is 6.07. The van der Waals surface area contributed by atoms with Crippen molar-refractivity contribution < 1.29 is 22.4 Å². The molecule has 1 atom stereocenters. The molecule has 5 nitrogen and oxygen atoms in total. The summed E-state index contributed by atoms with van der Waals surface area (Å²) in [4.78, 5) is -0.277. The Bertz CT molecular complexity index is 661. The molecule has 1 heterocycles. The molecule has 0 bridgehead atoms. The van der Waals surface area contributed by atoms with E-state index < -0.39 is 21.7 Å². The van der Waals surface area contributed by atoms with Crippen LogP contribution in [-0.2, 0) is 10.0 Å². The van der Waals surface area contributed by atoms with Gasteiger partial charge in [-0.25, -0.2) is 17.2 Å². The van der Waals surface area contributed by atoms with E-state index in [9.17, 15) is 17.2 Å². The highest BCUT2D eigenvalue weighted by Crippen LogP contribution is 2.25. The second-order valence-corrected chi connectivity index (χ2v) is 6.82. The standard InChI is InChI=1S/C13H16F2N2O3S/c1-2-9-8-17(6-5-13(9)16-18)21(19,20)10-3-4-11(14)12(15)7-10/h3-4,7,9,18H,2,5-6,8H2,1H3/b16-13+. The maximum absolute atomic E-state index is 13.2. The van der Waals surface area contributed by atoms with Crippen LogP contribution < -0.4 is 0 Å². The first kappa shape index (κ1) is 15.8. The minimum atomic E-state index is -3.89. The summed E-state index contributed by atoms with van der Waals surface area (Å²) in [6.45, 7) is 2.18. The maximum atomic E-state index is 13.2. The fourth-order valence-corrected chi connectivity index (χ4v) is 3.89. The van der Waals surface area contributed by atoms with Gasteiger partial charge in [-0.15, -0.1) is 0 Å². The largest absolute Gasteiger partial charge is 0.411 e. The Morgan fingerprint density at radius 1 is 1.38 bits per heavy atom. The van der Waals surface area contributed by atoms with Crippen LogP contribution in [0.2, 0.25) is 0 Å². The molecule has 8 heteroatoms. The molecule has 0 spiro atoms. The molecule has 0 amide bonds. The number of hydrogen-bond donors (Lipinski definition) is 1. The predicted octanol–water partition coefficient (Wildman–Crippen LogP) is 2.22. The Kier molecular flexibility index (Phi) is 4.58. The summed E-state index contributed by atoms with van der Waals surface area (Å²) in [6.07, 6.45) is 0.946. The molecule has 1 aromatic carbocycles. The lowest BCUT2D eigenvalue weighted by Gasteiger charge is -2.31. The average Bonchev–Trinajstić information content (AvgIpc) is 2.49. The zero-order valence-electron chi connectivity index (χ0n) is 11.5. The second-order valence-electron chi connectivity index (χ2n) is 4.89. The van der Waals surface area contributed by atoms with Crippen molar-refractivity contribution in [1.82, 2.24) is 4.31 Å². The minimum Gasteiger partial charge on any atom is -0.411 e. The number of rotatable bonds is 3. The SMILES string of the molecule is CCC1CN(S(=O)(=O)c2ccc(F)c(F)c2)CC/C1=N\O. The van der Waals surface area contributed by atoms with Crippen molar-refractivity contribution in [3.05, 3.63) is 29.8 Å². The Hall–Kier alpha value is -1.54. The van der Waals surface area contributed by atoms with Gasteiger partial charge in [-0.2, -0.15) is 4.31 Å². The average molecular weight is 318 g/mol. The number of oxime groups is 1. The summed E-state index contributed by atoms with van der Waals surface area (Å²) >= 11 is 0. The molecule has 1 fully saturated rings. The fraction of sp³-hybridized carbons (Fsp3) is 0.462. The van der Waals surface area contributed by atoms with E-state index in [4.69, 9.17) is 5.21 Å². The van der Waals surface area contributed by atoms with Crippen molar-refractivity contribution in [3.8, 4) is 0 Å². The molecule has 1 aliphatic rings. The summed E-state index contributed by atoms with van der Waals surface area (Å²) in [5.41, 5.74) is 0.564. The van der Waals surface area contributed by atoms with Gasteiger partial charge in [0.1, 0.15) is 0 Å².